The number of pyridine rings is 2. The number of nitrogen functional groups attached to an aromatic ring is 2. The van der Waals surface area contributed by atoms with Gasteiger partial charge in [-0.3, -0.25) is 0 Å². The van der Waals surface area contributed by atoms with E-state index in [4.69, 9.17) is 34.7 Å². The molecule has 0 unspecified atom stereocenters. The Hall–Kier alpha value is -2.50. The molecule has 2 aromatic rings. The molecule has 0 aliphatic heterocycles. The van der Waals surface area contributed by atoms with Crippen LogP contribution in [-0.2, 0) is 9.47 Å². The van der Waals surface area contributed by atoms with Gasteiger partial charge in [-0.25, -0.2) is 28.3 Å². The number of anilines is 2. The van der Waals surface area contributed by atoms with Crippen LogP contribution >= 0.6 is 39.1 Å². The maximum Gasteiger partial charge on any atom is 0.357 e. The molecular formula is C16H13BrCl2F2N4O4. The second kappa shape index (κ2) is 10.3. The number of rotatable bonds is 3. The Labute approximate surface area is 181 Å². The summed E-state index contributed by atoms with van der Waals surface area (Å²) in [6, 6.07) is 0. The highest BCUT2D eigenvalue weighted by molar-refractivity contribution is 9.10. The van der Waals surface area contributed by atoms with E-state index in [1.807, 2.05) is 0 Å². The molecule has 2 rings (SSSR count). The minimum Gasteiger partial charge on any atom is -0.464 e. The molecule has 156 valence electrons. The van der Waals surface area contributed by atoms with Gasteiger partial charge < -0.3 is 20.9 Å². The summed E-state index contributed by atoms with van der Waals surface area (Å²) in [7, 11) is 2.34. The molecule has 0 radical (unpaired) electrons. The maximum atomic E-state index is 13.2. The van der Waals surface area contributed by atoms with Gasteiger partial charge in [0.2, 0.25) is 0 Å². The number of carbonyl (C=O) groups is 2. The lowest BCUT2D eigenvalue weighted by Crippen LogP contribution is -2.11. The third-order valence-corrected chi connectivity index (χ3v) is 4.51. The van der Waals surface area contributed by atoms with Crippen LogP contribution in [0, 0.1) is 11.6 Å². The van der Waals surface area contributed by atoms with Crippen molar-refractivity contribution in [2.24, 2.45) is 0 Å². The van der Waals surface area contributed by atoms with Gasteiger partial charge in [0, 0.05) is 5.56 Å². The first kappa shape index (κ1) is 24.5. The summed E-state index contributed by atoms with van der Waals surface area (Å²) in [5.74, 6) is -3.24. The molecule has 0 saturated carbocycles. The highest BCUT2D eigenvalue weighted by Crippen LogP contribution is 2.29. The first-order valence-electron chi connectivity index (χ1n) is 7.25. The topological polar surface area (TPSA) is 130 Å². The molecule has 2 heterocycles. The van der Waals surface area contributed by atoms with E-state index < -0.39 is 33.9 Å². The number of nitrogens with two attached hydrogens (primary N) is 2. The van der Waals surface area contributed by atoms with Crippen molar-refractivity contribution >= 4 is 68.5 Å². The van der Waals surface area contributed by atoms with E-state index in [0.29, 0.717) is 0 Å². The van der Waals surface area contributed by atoms with Gasteiger partial charge in [0.05, 0.1) is 30.1 Å². The normalized spacial score (nSPS) is 9.90. The van der Waals surface area contributed by atoms with E-state index in [-0.39, 0.29) is 32.8 Å². The fourth-order valence-corrected chi connectivity index (χ4v) is 2.58. The van der Waals surface area contributed by atoms with Crippen molar-refractivity contribution in [1.82, 2.24) is 9.97 Å². The number of nitrogens with zero attached hydrogens (tertiary/aromatic N) is 2. The summed E-state index contributed by atoms with van der Waals surface area (Å²) in [4.78, 5) is 29.4. The molecule has 29 heavy (non-hydrogen) atoms. The van der Waals surface area contributed by atoms with Gasteiger partial charge in [0.1, 0.15) is 0 Å². The Morgan fingerprint density at radius 3 is 1.86 bits per heavy atom. The van der Waals surface area contributed by atoms with Crippen LogP contribution in [-0.4, -0.2) is 36.1 Å². The van der Waals surface area contributed by atoms with Gasteiger partial charge >= 0.3 is 11.9 Å². The Morgan fingerprint density at radius 2 is 1.41 bits per heavy atom. The summed E-state index contributed by atoms with van der Waals surface area (Å²) < 4.78 is 35.1. The number of ether oxygens (including phenoxy) is 2. The number of hydrogen-bond donors (Lipinski definition) is 2. The quantitative estimate of drug-likeness (QED) is 0.466. The van der Waals surface area contributed by atoms with E-state index in [1.54, 1.807) is 0 Å². The SMILES string of the molecule is C=Cc1c(C(=O)OC)nc(Cl)c(F)c1N.COC(=O)c1nc(Cl)c(F)c(N)c1Br. The molecule has 2 aromatic heterocycles. The van der Waals surface area contributed by atoms with Crippen molar-refractivity contribution in [3.63, 3.8) is 0 Å². The first-order valence-corrected chi connectivity index (χ1v) is 8.80. The van der Waals surface area contributed by atoms with Gasteiger partial charge in [0.15, 0.2) is 33.3 Å². The first-order chi connectivity index (χ1) is 13.5. The maximum absolute atomic E-state index is 13.2. The minimum absolute atomic E-state index is 0.0336. The highest BCUT2D eigenvalue weighted by atomic mass is 79.9. The van der Waals surface area contributed by atoms with E-state index in [2.05, 4.69) is 42.0 Å². The number of methoxy groups -OCH3 is 2. The standard InChI is InChI=1S/C9H8ClFN2O2.C7H5BrClFN2O2/c1-3-4-6(12)5(11)8(10)13-7(4)9(14)15-2;1-14-7(13)5-2(8)4(11)3(10)6(9)12-5/h3H,1H2,2H3,(H2,12,13);1H3,(H2,11,12). The third-order valence-electron chi connectivity index (χ3n) is 3.21. The average Bonchev–Trinajstić information content (AvgIpc) is 2.72. The number of halogens is 5. The second-order valence-corrected chi connectivity index (χ2v) is 6.38. The molecule has 0 saturated heterocycles. The summed E-state index contributed by atoms with van der Waals surface area (Å²) in [6.07, 6.45) is 1.22. The van der Waals surface area contributed by atoms with Crippen LogP contribution in [0.2, 0.25) is 10.3 Å². The minimum atomic E-state index is -0.876. The van der Waals surface area contributed by atoms with Crippen LogP contribution in [0.1, 0.15) is 26.5 Å². The smallest absolute Gasteiger partial charge is 0.357 e. The van der Waals surface area contributed by atoms with Crippen LogP contribution in [0.4, 0.5) is 20.2 Å². The predicted molar refractivity (Wildman–Crippen MR) is 108 cm³/mol. The number of esters is 2. The molecular weight excluding hydrogens is 501 g/mol. The fourth-order valence-electron chi connectivity index (χ4n) is 1.79. The van der Waals surface area contributed by atoms with Crippen LogP contribution < -0.4 is 11.5 Å². The van der Waals surface area contributed by atoms with Gasteiger partial charge in [-0.05, 0) is 15.9 Å². The van der Waals surface area contributed by atoms with Crippen LogP contribution in [0.5, 0.6) is 0 Å². The molecule has 0 spiro atoms. The van der Waals surface area contributed by atoms with Crippen LogP contribution in [0.15, 0.2) is 11.1 Å². The highest BCUT2D eigenvalue weighted by Gasteiger charge is 2.21. The van der Waals surface area contributed by atoms with Gasteiger partial charge in [0.25, 0.3) is 0 Å². The lowest BCUT2D eigenvalue weighted by Gasteiger charge is -2.08. The molecule has 0 amide bonds. The zero-order chi connectivity index (χ0) is 22.5. The molecule has 0 atom stereocenters. The van der Waals surface area contributed by atoms with Crippen molar-refractivity contribution in [2.45, 2.75) is 0 Å². The lowest BCUT2D eigenvalue weighted by atomic mass is 10.1. The molecule has 0 fully saturated rings. The molecule has 0 aliphatic rings. The molecule has 0 aliphatic carbocycles. The molecule has 0 bridgehead atoms. The van der Waals surface area contributed by atoms with Crippen LogP contribution in [0.3, 0.4) is 0 Å². The summed E-state index contributed by atoms with van der Waals surface area (Å²) in [6.45, 7) is 3.40. The zero-order valence-corrected chi connectivity index (χ0v) is 18.0. The average molecular weight is 514 g/mol. The summed E-state index contributed by atoms with van der Waals surface area (Å²) in [5.41, 5.74) is 9.95. The molecule has 8 nitrogen and oxygen atoms in total. The van der Waals surface area contributed by atoms with E-state index in [9.17, 15) is 18.4 Å². The van der Waals surface area contributed by atoms with Crippen molar-refractivity contribution in [2.75, 3.05) is 25.7 Å². The third kappa shape index (κ3) is 5.31. The van der Waals surface area contributed by atoms with Crippen LogP contribution in [0.25, 0.3) is 6.08 Å². The van der Waals surface area contributed by atoms with Crippen molar-refractivity contribution in [1.29, 1.82) is 0 Å². The number of carbonyl (C=O) groups excluding carboxylic acids is 2. The largest absolute Gasteiger partial charge is 0.464 e. The fraction of sp³-hybridized carbons (Fsp3) is 0.125. The van der Waals surface area contributed by atoms with Gasteiger partial charge in [-0.2, -0.15) is 0 Å². The lowest BCUT2D eigenvalue weighted by molar-refractivity contribution is 0.0584. The molecule has 4 N–H and O–H groups in total. The van der Waals surface area contributed by atoms with E-state index >= 15 is 0 Å². The monoisotopic (exact) mass is 512 g/mol. The number of hydrogen-bond acceptors (Lipinski definition) is 8. The van der Waals surface area contributed by atoms with Crippen molar-refractivity contribution in [3.05, 3.63) is 49.9 Å². The Kier molecular flexibility index (Phi) is 8.74. The second-order valence-electron chi connectivity index (χ2n) is 4.87. The molecule has 0 aromatic carbocycles. The Morgan fingerprint density at radius 1 is 1.00 bits per heavy atom. The zero-order valence-electron chi connectivity index (χ0n) is 14.9. The molecule has 13 heteroatoms. The van der Waals surface area contributed by atoms with E-state index in [1.165, 1.54) is 20.3 Å². The van der Waals surface area contributed by atoms with E-state index in [0.717, 1.165) is 0 Å². The van der Waals surface area contributed by atoms with Gasteiger partial charge in [-0.15, -0.1) is 0 Å². The predicted octanol–water partition coefficient (Wildman–Crippen LogP) is 3.89. The Balaban J connectivity index is 0.000000291. The summed E-state index contributed by atoms with van der Waals surface area (Å²) >= 11 is 13.8. The van der Waals surface area contributed by atoms with Crippen molar-refractivity contribution in [3.8, 4) is 0 Å². The number of aromatic nitrogens is 2. The Bertz CT molecular complexity index is 992. The van der Waals surface area contributed by atoms with Gasteiger partial charge in [-0.1, -0.05) is 35.9 Å². The summed E-state index contributed by atoms with van der Waals surface area (Å²) in [5, 5.41) is -0.940. The van der Waals surface area contributed by atoms with Crippen molar-refractivity contribution < 1.29 is 27.8 Å².